The molecule has 1 saturated heterocycles. The minimum atomic E-state index is -1.50. The first kappa shape index (κ1) is 29.5. The van der Waals surface area contributed by atoms with Crippen LogP contribution in [0.15, 0.2) is 17.3 Å². The van der Waals surface area contributed by atoms with Gasteiger partial charge in [0.2, 0.25) is 0 Å². The van der Waals surface area contributed by atoms with Gasteiger partial charge in [-0.3, -0.25) is 4.99 Å². The lowest BCUT2D eigenvalue weighted by Gasteiger charge is -2.39. The molecule has 6 N–H and O–H groups in total. The van der Waals surface area contributed by atoms with Crippen LogP contribution in [0.2, 0.25) is 0 Å². The zero-order valence-corrected chi connectivity index (χ0v) is 21.0. The number of thioether (sulfide) groups is 1. The molecule has 0 saturated carbocycles. The van der Waals surface area contributed by atoms with E-state index in [1.165, 1.54) is 30.9 Å². The van der Waals surface area contributed by atoms with Crippen molar-refractivity contribution < 1.29 is 59.1 Å². The number of nitrogens with zero attached hydrogens (tertiary/aromatic N) is 2. The molecule has 0 spiro atoms. The summed E-state index contributed by atoms with van der Waals surface area (Å²) < 4.78 is 26.8. The fraction of sp³-hybridized carbons (Fsp3) is 0.682. The summed E-state index contributed by atoms with van der Waals surface area (Å²) in [5.74, 6) is -0.639. The topological polar surface area (TPSA) is 210 Å². The van der Waals surface area contributed by atoms with Crippen molar-refractivity contribution >= 4 is 22.8 Å². The largest absolute Gasteiger partial charge is 0.505 e. The Morgan fingerprint density at radius 3 is 2.41 bits per heavy atom. The van der Waals surface area contributed by atoms with E-state index in [4.69, 9.17) is 28.8 Å². The third-order valence-corrected chi connectivity index (χ3v) is 6.84. The van der Waals surface area contributed by atoms with E-state index in [0.717, 1.165) is 0 Å². The Bertz CT molecular complexity index is 935. The van der Waals surface area contributed by atoms with Gasteiger partial charge in [-0.15, -0.1) is 11.8 Å². The molecule has 3 heterocycles. The van der Waals surface area contributed by atoms with Crippen LogP contribution < -0.4 is 4.74 Å². The normalized spacial score (nSPS) is 29.8. The molecule has 208 valence electrons. The van der Waals surface area contributed by atoms with Gasteiger partial charge in [-0.25, -0.2) is 9.78 Å². The molecule has 0 amide bonds. The highest BCUT2D eigenvalue weighted by molar-refractivity contribution is 8.14. The van der Waals surface area contributed by atoms with Crippen LogP contribution in [0.3, 0.4) is 0 Å². The van der Waals surface area contributed by atoms with E-state index in [9.17, 15) is 30.3 Å². The number of ether oxygens (including phenoxy) is 5. The van der Waals surface area contributed by atoms with Gasteiger partial charge in [-0.05, 0) is 6.92 Å². The van der Waals surface area contributed by atoms with E-state index in [0.29, 0.717) is 10.8 Å². The van der Waals surface area contributed by atoms with Crippen LogP contribution >= 0.6 is 11.8 Å². The zero-order chi connectivity index (χ0) is 27.0. The fourth-order valence-corrected chi connectivity index (χ4v) is 4.54. The van der Waals surface area contributed by atoms with E-state index in [-0.39, 0.29) is 56.8 Å². The Morgan fingerprint density at radius 1 is 1.11 bits per heavy atom. The third kappa shape index (κ3) is 7.72. The molecule has 0 aliphatic carbocycles. The number of carboxylic acid groups (broad SMARTS) is 1. The molecule has 37 heavy (non-hydrogen) atoms. The molecule has 0 radical (unpaired) electrons. The molecule has 1 fully saturated rings. The molecule has 6 atom stereocenters. The first-order chi connectivity index (χ1) is 17.7. The summed E-state index contributed by atoms with van der Waals surface area (Å²) in [6.07, 6.45) is -5.23. The summed E-state index contributed by atoms with van der Waals surface area (Å²) in [6.45, 7) is 2.12. The molecule has 1 aromatic rings. The van der Waals surface area contributed by atoms with Crippen molar-refractivity contribution in [1.29, 1.82) is 0 Å². The van der Waals surface area contributed by atoms with Gasteiger partial charge in [-0.2, -0.15) is 0 Å². The van der Waals surface area contributed by atoms with Crippen molar-refractivity contribution in [3.63, 3.8) is 0 Å². The lowest BCUT2D eigenvalue weighted by Crippen LogP contribution is -2.59. The smallest absolute Gasteiger partial charge is 0.332 e. The van der Waals surface area contributed by atoms with Gasteiger partial charge in [-0.1, -0.05) is 0 Å². The van der Waals surface area contributed by atoms with Crippen LogP contribution in [-0.2, 0) is 23.7 Å². The Hall–Kier alpha value is -2.08. The Balaban J connectivity index is 1.26. The second-order valence-electron chi connectivity index (χ2n) is 8.46. The predicted molar refractivity (Wildman–Crippen MR) is 128 cm³/mol. The number of pyridine rings is 1. The molecule has 0 aromatic carbocycles. The van der Waals surface area contributed by atoms with Crippen molar-refractivity contribution in [2.75, 3.05) is 52.0 Å². The highest BCUT2D eigenvalue weighted by Gasteiger charge is 2.44. The molecule has 3 rings (SSSR count). The van der Waals surface area contributed by atoms with Crippen LogP contribution in [0.25, 0.3) is 0 Å². The number of aromatic hydroxyl groups is 1. The maximum Gasteiger partial charge on any atom is 0.332 e. The minimum Gasteiger partial charge on any atom is -0.505 e. The van der Waals surface area contributed by atoms with Gasteiger partial charge in [0.15, 0.2) is 11.8 Å². The quantitative estimate of drug-likeness (QED) is 0.144. The number of aliphatic carboxylic acids is 1. The second kappa shape index (κ2) is 13.6. The van der Waals surface area contributed by atoms with Crippen molar-refractivity contribution in [3.05, 3.63) is 18.0 Å². The zero-order valence-electron chi connectivity index (χ0n) is 20.1. The highest BCUT2D eigenvalue weighted by Crippen LogP contribution is 2.34. The van der Waals surface area contributed by atoms with Crippen LogP contribution in [-0.4, -0.2) is 135 Å². The van der Waals surface area contributed by atoms with Crippen molar-refractivity contribution in [3.8, 4) is 11.5 Å². The Labute approximate surface area is 216 Å². The average Bonchev–Trinajstić information content (AvgIpc) is 3.28. The standard InChI is InChI=1S/C22H32N2O12S/c1-22(21(30)31)11-37-19(24-22)15-13(26)8-12(9-23-15)34-6-4-32-2-3-33-5-7-35-20-18(29)17(28)16(27)14(10-25)36-20/h8-9,14,16-18,20,25-29H,2-7,10-11H2,1H3,(H,30,31)/t14?,16-,17?,18+,20-,22+/m0/s1. The summed E-state index contributed by atoms with van der Waals surface area (Å²) >= 11 is 1.21. The number of aliphatic hydroxyl groups excluding tert-OH is 4. The predicted octanol–water partition coefficient (Wildman–Crippen LogP) is -1.65. The van der Waals surface area contributed by atoms with Crippen LogP contribution in [0.5, 0.6) is 11.5 Å². The summed E-state index contributed by atoms with van der Waals surface area (Å²) in [7, 11) is 0. The van der Waals surface area contributed by atoms with Gasteiger partial charge < -0.3 is 54.3 Å². The molecular formula is C22H32N2O12S. The fourth-order valence-electron chi connectivity index (χ4n) is 3.38. The number of carbonyl (C=O) groups is 1. The maximum atomic E-state index is 11.3. The Kier molecular flexibility index (Phi) is 10.9. The lowest BCUT2D eigenvalue weighted by molar-refractivity contribution is -0.302. The van der Waals surface area contributed by atoms with Crippen LogP contribution in [0.1, 0.15) is 12.6 Å². The van der Waals surface area contributed by atoms with Crippen LogP contribution in [0.4, 0.5) is 0 Å². The SMILES string of the molecule is C[C@]1(C(=O)O)CSC(c2ncc(OCCOCCOCCO[C@H]3OC(CO)[C@H](O)C(O)[C@H]3O)cc2O)=N1. The molecular weight excluding hydrogens is 516 g/mol. The van der Waals surface area contributed by atoms with E-state index >= 15 is 0 Å². The van der Waals surface area contributed by atoms with E-state index in [2.05, 4.69) is 9.98 Å². The number of aromatic nitrogens is 1. The van der Waals surface area contributed by atoms with Gasteiger partial charge in [0, 0.05) is 11.8 Å². The Morgan fingerprint density at radius 2 is 1.78 bits per heavy atom. The average molecular weight is 549 g/mol. The molecule has 0 bridgehead atoms. The third-order valence-electron chi connectivity index (χ3n) is 5.57. The minimum absolute atomic E-state index is 0.0404. The number of carboxylic acids is 1. The van der Waals surface area contributed by atoms with Gasteiger partial charge in [0.25, 0.3) is 0 Å². The van der Waals surface area contributed by atoms with Gasteiger partial charge in [0.05, 0.1) is 45.8 Å². The molecule has 2 aliphatic rings. The van der Waals surface area contributed by atoms with Crippen molar-refractivity contribution in [2.24, 2.45) is 4.99 Å². The molecule has 15 heteroatoms. The maximum absolute atomic E-state index is 11.3. The highest BCUT2D eigenvalue weighted by atomic mass is 32.2. The van der Waals surface area contributed by atoms with E-state index in [1.54, 1.807) is 0 Å². The second-order valence-corrected chi connectivity index (χ2v) is 9.43. The number of hydrogen-bond donors (Lipinski definition) is 6. The number of aliphatic imine (C=N–C) groups is 1. The molecule has 2 aliphatic heterocycles. The molecule has 14 nitrogen and oxygen atoms in total. The van der Waals surface area contributed by atoms with E-state index in [1.807, 2.05) is 0 Å². The van der Waals surface area contributed by atoms with Crippen LogP contribution in [0, 0.1) is 0 Å². The summed E-state index contributed by atoms with van der Waals surface area (Å²) in [6, 6.07) is 1.38. The molecule has 1 aromatic heterocycles. The van der Waals surface area contributed by atoms with Gasteiger partial charge >= 0.3 is 5.97 Å². The van der Waals surface area contributed by atoms with Crippen molar-refractivity contribution in [1.82, 2.24) is 4.98 Å². The summed E-state index contributed by atoms with van der Waals surface area (Å²) in [4.78, 5) is 19.6. The first-order valence-electron chi connectivity index (χ1n) is 11.5. The first-order valence-corrected chi connectivity index (χ1v) is 12.5. The van der Waals surface area contributed by atoms with E-state index < -0.39 is 48.8 Å². The summed E-state index contributed by atoms with van der Waals surface area (Å²) in [5, 5.41) is 58.4. The number of hydrogen-bond acceptors (Lipinski definition) is 14. The monoisotopic (exact) mass is 548 g/mol. The van der Waals surface area contributed by atoms with Gasteiger partial charge in [0.1, 0.15) is 53.3 Å². The molecule has 2 unspecified atom stereocenters. The summed E-state index contributed by atoms with van der Waals surface area (Å²) in [5.41, 5.74) is -1.05. The number of rotatable bonds is 14. The lowest BCUT2D eigenvalue weighted by atomic mass is 9.99. The van der Waals surface area contributed by atoms with Crippen molar-refractivity contribution in [2.45, 2.75) is 43.2 Å². The number of aliphatic hydroxyl groups is 4.